The second-order valence-corrected chi connectivity index (χ2v) is 6.59. The van der Waals surface area contributed by atoms with Gasteiger partial charge in [-0.25, -0.2) is 8.42 Å². The van der Waals surface area contributed by atoms with Crippen molar-refractivity contribution in [3.8, 4) is 0 Å². The van der Waals surface area contributed by atoms with Gasteiger partial charge in [0.05, 0.1) is 12.0 Å². The molecule has 0 spiro atoms. The van der Waals surface area contributed by atoms with Crippen LogP contribution < -0.4 is 5.32 Å². The largest absolute Gasteiger partial charge is 0.383 e. The molecular weight excluding hydrogens is 254 g/mol. The summed E-state index contributed by atoms with van der Waals surface area (Å²) in [6.45, 7) is 2.10. The zero-order valence-electron chi connectivity index (χ0n) is 9.70. The molecule has 0 fully saturated rings. The van der Waals surface area contributed by atoms with Gasteiger partial charge >= 0.3 is 0 Å². The van der Waals surface area contributed by atoms with Gasteiger partial charge in [0.15, 0.2) is 9.84 Å². The summed E-state index contributed by atoms with van der Waals surface area (Å²) < 4.78 is 27.0. The van der Waals surface area contributed by atoms with E-state index in [2.05, 4.69) is 5.32 Å². The van der Waals surface area contributed by atoms with Gasteiger partial charge in [-0.15, -0.1) is 11.6 Å². The van der Waals surface area contributed by atoms with Gasteiger partial charge in [-0.3, -0.25) is 4.79 Å². The van der Waals surface area contributed by atoms with Gasteiger partial charge in [-0.05, 0) is 13.3 Å². The van der Waals surface area contributed by atoms with E-state index in [0.29, 0.717) is 19.6 Å². The zero-order valence-corrected chi connectivity index (χ0v) is 11.3. The Morgan fingerprint density at radius 1 is 1.50 bits per heavy atom. The average molecular weight is 272 g/mol. The summed E-state index contributed by atoms with van der Waals surface area (Å²) in [5.41, 5.74) is 0. The molecule has 1 N–H and O–H groups in total. The third kappa shape index (κ3) is 6.30. The summed E-state index contributed by atoms with van der Waals surface area (Å²) in [6.07, 6.45) is 1.57. The van der Waals surface area contributed by atoms with Crippen molar-refractivity contribution in [2.24, 2.45) is 0 Å². The minimum atomic E-state index is -3.33. The Bertz CT molecular complexity index is 317. The normalized spacial score (nSPS) is 15.5. The number of ether oxygens (including phenoxy) is 1. The predicted octanol–water partition coefficient (Wildman–Crippen LogP) is 0.180. The van der Waals surface area contributed by atoms with Crippen LogP contribution in [0, 0.1) is 0 Å². The number of rotatable bonds is 7. The van der Waals surface area contributed by atoms with Crippen molar-refractivity contribution < 1.29 is 17.9 Å². The Balaban J connectivity index is 3.91. The highest BCUT2D eigenvalue weighted by atomic mass is 35.5. The SMILES string of the molecule is COCC(Cl)CCNC(=O)C(C)S(C)(=O)=O. The summed E-state index contributed by atoms with van der Waals surface area (Å²) in [5.74, 6) is -0.496. The van der Waals surface area contributed by atoms with E-state index in [1.165, 1.54) is 6.92 Å². The topological polar surface area (TPSA) is 72.5 Å². The molecule has 1 amide bonds. The number of amides is 1. The summed E-state index contributed by atoms with van der Waals surface area (Å²) in [5, 5.41) is 1.31. The zero-order chi connectivity index (χ0) is 12.8. The molecule has 0 rings (SSSR count). The molecule has 0 saturated heterocycles. The van der Waals surface area contributed by atoms with Crippen LogP contribution in [0.4, 0.5) is 0 Å². The number of hydrogen-bond donors (Lipinski definition) is 1. The molecule has 0 aromatic carbocycles. The van der Waals surface area contributed by atoms with Gasteiger partial charge in [0.1, 0.15) is 5.25 Å². The summed E-state index contributed by atoms with van der Waals surface area (Å²) in [7, 11) is -1.79. The molecule has 0 radical (unpaired) electrons. The maximum absolute atomic E-state index is 11.4. The quantitative estimate of drug-likeness (QED) is 0.671. The van der Waals surface area contributed by atoms with Crippen LogP contribution in [0.5, 0.6) is 0 Å². The van der Waals surface area contributed by atoms with Crippen molar-refractivity contribution >= 4 is 27.3 Å². The molecule has 2 unspecified atom stereocenters. The van der Waals surface area contributed by atoms with Crippen molar-refractivity contribution in [1.29, 1.82) is 0 Å². The van der Waals surface area contributed by atoms with E-state index in [-0.39, 0.29) is 5.38 Å². The van der Waals surface area contributed by atoms with Crippen LogP contribution in [0.3, 0.4) is 0 Å². The monoisotopic (exact) mass is 271 g/mol. The second-order valence-electron chi connectivity index (χ2n) is 3.60. The van der Waals surface area contributed by atoms with Crippen LogP contribution in [0.1, 0.15) is 13.3 Å². The van der Waals surface area contributed by atoms with E-state index in [0.717, 1.165) is 6.26 Å². The van der Waals surface area contributed by atoms with Crippen molar-refractivity contribution in [2.75, 3.05) is 26.5 Å². The molecule has 0 aliphatic carbocycles. The summed E-state index contributed by atoms with van der Waals surface area (Å²) >= 11 is 5.84. The van der Waals surface area contributed by atoms with Crippen molar-refractivity contribution in [2.45, 2.75) is 24.0 Å². The fourth-order valence-corrected chi connectivity index (χ4v) is 1.66. The summed E-state index contributed by atoms with van der Waals surface area (Å²) in [4.78, 5) is 11.4. The lowest BCUT2D eigenvalue weighted by Gasteiger charge is -2.12. The third-order valence-corrected chi connectivity index (χ3v) is 3.96. The van der Waals surface area contributed by atoms with Crippen LogP contribution in [-0.4, -0.2) is 51.5 Å². The Morgan fingerprint density at radius 3 is 2.50 bits per heavy atom. The van der Waals surface area contributed by atoms with Crippen molar-refractivity contribution in [1.82, 2.24) is 5.32 Å². The first-order chi connectivity index (χ1) is 7.29. The minimum absolute atomic E-state index is 0.182. The van der Waals surface area contributed by atoms with Gasteiger partial charge in [-0.2, -0.15) is 0 Å². The molecular formula is C9H18ClNO4S. The lowest BCUT2D eigenvalue weighted by molar-refractivity contribution is -0.120. The van der Waals surface area contributed by atoms with Crippen LogP contribution in [0.25, 0.3) is 0 Å². The second kappa shape index (κ2) is 7.09. The molecule has 2 atom stereocenters. The fourth-order valence-electron chi connectivity index (χ4n) is 0.954. The van der Waals surface area contributed by atoms with E-state index in [9.17, 15) is 13.2 Å². The van der Waals surface area contributed by atoms with Crippen molar-refractivity contribution in [3.63, 3.8) is 0 Å². The first-order valence-electron chi connectivity index (χ1n) is 4.88. The molecule has 0 bridgehead atoms. The van der Waals surface area contributed by atoms with E-state index in [1.807, 2.05) is 0 Å². The lowest BCUT2D eigenvalue weighted by atomic mass is 10.3. The molecule has 0 aliphatic rings. The number of methoxy groups -OCH3 is 1. The standard InChI is InChI=1S/C9H18ClNO4S/c1-7(16(3,13)14)9(12)11-5-4-8(10)6-15-2/h7-8H,4-6H2,1-3H3,(H,11,12). The maximum atomic E-state index is 11.4. The number of halogens is 1. The number of carbonyl (C=O) groups is 1. The van der Waals surface area contributed by atoms with Crippen LogP contribution >= 0.6 is 11.6 Å². The molecule has 0 aromatic rings. The highest BCUT2D eigenvalue weighted by Crippen LogP contribution is 2.02. The predicted molar refractivity (Wildman–Crippen MR) is 63.4 cm³/mol. The number of hydrogen-bond acceptors (Lipinski definition) is 4. The van der Waals surface area contributed by atoms with Crippen LogP contribution in [0.2, 0.25) is 0 Å². The lowest BCUT2D eigenvalue weighted by Crippen LogP contribution is -2.38. The summed E-state index contributed by atoms with van der Waals surface area (Å²) in [6, 6.07) is 0. The first-order valence-corrected chi connectivity index (χ1v) is 7.27. The number of alkyl halides is 1. The number of carbonyl (C=O) groups excluding carboxylic acids is 1. The van der Waals surface area contributed by atoms with E-state index >= 15 is 0 Å². The molecule has 0 heterocycles. The smallest absolute Gasteiger partial charge is 0.238 e. The molecule has 0 aromatic heterocycles. The van der Waals surface area contributed by atoms with Gasteiger partial charge in [0.2, 0.25) is 5.91 Å². The molecule has 7 heteroatoms. The maximum Gasteiger partial charge on any atom is 0.238 e. The Kier molecular flexibility index (Phi) is 6.94. The number of sulfone groups is 1. The Labute approximate surface area is 101 Å². The third-order valence-electron chi connectivity index (χ3n) is 2.12. The molecule has 16 heavy (non-hydrogen) atoms. The number of nitrogens with one attached hydrogen (secondary N) is 1. The molecule has 5 nitrogen and oxygen atoms in total. The van der Waals surface area contributed by atoms with E-state index in [1.54, 1.807) is 7.11 Å². The highest BCUT2D eigenvalue weighted by molar-refractivity contribution is 7.92. The van der Waals surface area contributed by atoms with Gasteiger partial charge in [0.25, 0.3) is 0 Å². The highest BCUT2D eigenvalue weighted by Gasteiger charge is 2.22. The first kappa shape index (κ1) is 15.7. The molecule has 0 saturated carbocycles. The van der Waals surface area contributed by atoms with Gasteiger partial charge < -0.3 is 10.1 Å². The Hall–Kier alpha value is -0.330. The van der Waals surface area contributed by atoms with Gasteiger partial charge in [-0.1, -0.05) is 0 Å². The van der Waals surface area contributed by atoms with Gasteiger partial charge in [0, 0.05) is 19.9 Å². The van der Waals surface area contributed by atoms with Crippen molar-refractivity contribution in [3.05, 3.63) is 0 Å². The van der Waals surface area contributed by atoms with E-state index < -0.39 is 21.0 Å². The minimum Gasteiger partial charge on any atom is -0.383 e. The average Bonchev–Trinajstić information content (AvgIpc) is 2.15. The van der Waals surface area contributed by atoms with Crippen LogP contribution in [0.15, 0.2) is 0 Å². The van der Waals surface area contributed by atoms with Crippen LogP contribution in [-0.2, 0) is 19.4 Å². The Morgan fingerprint density at radius 2 is 2.06 bits per heavy atom. The molecule has 0 aliphatic heterocycles. The fraction of sp³-hybridized carbons (Fsp3) is 0.889. The molecule has 96 valence electrons. The van der Waals surface area contributed by atoms with E-state index in [4.69, 9.17) is 16.3 Å².